The van der Waals surface area contributed by atoms with Crippen LogP contribution in [0.25, 0.3) is 0 Å². The highest BCUT2D eigenvalue weighted by molar-refractivity contribution is 5.15. The lowest BCUT2D eigenvalue weighted by molar-refractivity contribution is 0.122. The molecule has 0 amide bonds. The second kappa shape index (κ2) is 5.85. The maximum absolute atomic E-state index is 9.13. The zero-order chi connectivity index (χ0) is 13.0. The monoisotopic (exact) mass is 247 g/mol. The average Bonchev–Trinajstić information content (AvgIpc) is 2.64. The Morgan fingerprint density at radius 1 is 1.28 bits per heavy atom. The van der Waals surface area contributed by atoms with Gasteiger partial charge in [-0.1, -0.05) is 30.3 Å². The first-order chi connectivity index (χ1) is 8.64. The first kappa shape index (κ1) is 13.6. The van der Waals surface area contributed by atoms with Crippen LogP contribution in [0.1, 0.15) is 32.3 Å². The van der Waals surface area contributed by atoms with Crippen molar-refractivity contribution in [3.63, 3.8) is 0 Å². The van der Waals surface area contributed by atoms with Crippen molar-refractivity contribution in [1.82, 2.24) is 4.90 Å². The lowest BCUT2D eigenvalue weighted by atomic mass is 9.86. The van der Waals surface area contributed by atoms with E-state index in [-0.39, 0.29) is 5.54 Å². The molecule has 1 aromatic rings. The molecule has 1 atom stereocenters. The molecule has 18 heavy (non-hydrogen) atoms. The van der Waals surface area contributed by atoms with Gasteiger partial charge in [0.1, 0.15) is 0 Å². The summed E-state index contributed by atoms with van der Waals surface area (Å²) < 4.78 is 0. The number of aliphatic hydroxyl groups is 1. The van der Waals surface area contributed by atoms with Gasteiger partial charge in [0.25, 0.3) is 0 Å². The van der Waals surface area contributed by atoms with Crippen LogP contribution in [0.5, 0.6) is 0 Å². The number of benzene rings is 1. The number of aliphatic hydroxyl groups excluding tert-OH is 1. The van der Waals surface area contributed by atoms with Crippen LogP contribution in [-0.2, 0) is 6.42 Å². The molecular formula is C16H25NO. The van der Waals surface area contributed by atoms with Crippen molar-refractivity contribution >= 4 is 0 Å². The smallest absolute Gasteiger partial charge is 0.0434 e. The van der Waals surface area contributed by atoms with Crippen molar-refractivity contribution in [3.8, 4) is 0 Å². The molecule has 0 aliphatic carbocycles. The lowest BCUT2D eigenvalue weighted by Crippen LogP contribution is -2.43. The topological polar surface area (TPSA) is 23.5 Å². The van der Waals surface area contributed by atoms with E-state index in [1.165, 1.54) is 18.5 Å². The predicted molar refractivity (Wildman–Crippen MR) is 75.6 cm³/mol. The minimum Gasteiger partial charge on any atom is -0.396 e. The molecule has 0 radical (unpaired) electrons. The van der Waals surface area contributed by atoms with E-state index in [4.69, 9.17) is 5.11 Å². The van der Waals surface area contributed by atoms with Crippen molar-refractivity contribution in [3.05, 3.63) is 35.9 Å². The summed E-state index contributed by atoms with van der Waals surface area (Å²) in [6, 6.07) is 10.7. The summed E-state index contributed by atoms with van der Waals surface area (Å²) in [6.45, 7) is 7.26. The molecule has 2 rings (SSSR count). The SMILES string of the molecule is CC1(C)C(CCO)CCN1CCc1ccccc1. The third-order valence-electron chi connectivity index (χ3n) is 4.55. The molecule has 100 valence electrons. The maximum Gasteiger partial charge on any atom is 0.0434 e. The van der Waals surface area contributed by atoms with E-state index in [1.54, 1.807) is 0 Å². The Bertz CT molecular complexity index is 361. The Labute approximate surface area is 111 Å². The summed E-state index contributed by atoms with van der Waals surface area (Å²) >= 11 is 0. The lowest BCUT2D eigenvalue weighted by Gasteiger charge is -2.36. The highest BCUT2D eigenvalue weighted by atomic mass is 16.3. The van der Waals surface area contributed by atoms with E-state index in [0.717, 1.165) is 19.4 Å². The fraction of sp³-hybridized carbons (Fsp3) is 0.625. The first-order valence-corrected chi connectivity index (χ1v) is 7.04. The summed E-state index contributed by atoms with van der Waals surface area (Å²) in [6.07, 6.45) is 3.29. The summed E-state index contributed by atoms with van der Waals surface area (Å²) in [7, 11) is 0. The van der Waals surface area contributed by atoms with E-state index < -0.39 is 0 Å². The van der Waals surface area contributed by atoms with Gasteiger partial charge in [-0.15, -0.1) is 0 Å². The minimum atomic E-state index is 0.234. The molecule has 1 unspecified atom stereocenters. The average molecular weight is 247 g/mol. The molecule has 1 fully saturated rings. The van der Waals surface area contributed by atoms with Crippen molar-refractivity contribution in [2.24, 2.45) is 5.92 Å². The molecule has 0 aromatic heterocycles. The second-order valence-corrected chi connectivity index (χ2v) is 5.87. The molecule has 2 heteroatoms. The highest BCUT2D eigenvalue weighted by Crippen LogP contribution is 2.36. The van der Waals surface area contributed by atoms with E-state index in [0.29, 0.717) is 12.5 Å². The summed E-state index contributed by atoms with van der Waals surface area (Å²) in [4.78, 5) is 2.58. The molecule has 1 aliphatic rings. The number of likely N-dealkylation sites (tertiary alicyclic amines) is 1. The van der Waals surface area contributed by atoms with Crippen LogP contribution >= 0.6 is 0 Å². The predicted octanol–water partition coefficient (Wildman–Crippen LogP) is 2.71. The Hall–Kier alpha value is -0.860. The van der Waals surface area contributed by atoms with E-state index >= 15 is 0 Å². The van der Waals surface area contributed by atoms with Gasteiger partial charge in [-0.3, -0.25) is 4.90 Å². The molecule has 1 aromatic carbocycles. The fourth-order valence-electron chi connectivity index (χ4n) is 3.17. The zero-order valence-corrected chi connectivity index (χ0v) is 11.6. The molecule has 2 nitrogen and oxygen atoms in total. The second-order valence-electron chi connectivity index (χ2n) is 5.87. The molecular weight excluding hydrogens is 222 g/mol. The number of nitrogens with zero attached hydrogens (tertiary/aromatic N) is 1. The van der Waals surface area contributed by atoms with Crippen LogP contribution in [0.4, 0.5) is 0 Å². The van der Waals surface area contributed by atoms with E-state index in [1.807, 2.05) is 0 Å². The standard InChI is InChI=1S/C16H25NO/c1-16(2)15(10-13-18)9-12-17(16)11-8-14-6-4-3-5-7-14/h3-7,15,18H,8-13H2,1-2H3. The number of hydrogen-bond donors (Lipinski definition) is 1. The third kappa shape index (κ3) is 2.93. The Balaban J connectivity index is 1.91. The van der Waals surface area contributed by atoms with Crippen LogP contribution in [0, 0.1) is 5.92 Å². The molecule has 1 N–H and O–H groups in total. The first-order valence-electron chi connectivity index (χ1n) is 7.04. The minimum absolute atomic E-state index is 0.234. The molecule has 0 saturated carbocycles. The summed E-state index contributed by atoms with van der Waals surface area (Å²) in [5.41, 5.74) is 1.65. The van der Waals surface area contributed by atoms with Gasteiger partial charge in [-0.25, -0.2) is 0 Å². The van der Waals surface area contributed by atoms with Crippen LogP contribution in [0.2, 0.25) is 0 Å². The van der Waals surface area contributed by atoms with Gasteiger partial charge in [0, 0.05) is 18.7 Å². The van der Waals surface area contributed by atoms with Gasteiger partial charge in [-0.05, 0) is 51.1 Å². The molecule has 1 heterocycles. The zero-order valence-electron chi connectivity index (χ0n) is 11.6. The molecule has 1 saturated heterocycles. The van der Waals surface area contributed by atoms with E-state index in [2.05, 4.69) is 49.1 Å². The van der Waals surface area contributed by atoms with Crippen molar-refractivity contribution in [2.75, 3.05) is 19.7 Å². The molecule has 0 spiro atoms. The number of hydrogen-bond acceptors (Lipinski definition) is 2. The normalized spacial score (nSPS) is 23.4. The Morgan fingerprint density at radius 3 is 2.67 bits per heavy atom. The van der Waals surface area contributed by atoms with Crippen molar-refractivity contribution < 1.29 is 5.11 Å². The fourth-order valence-corrected chi connectivity index (χ4v) is 3.17. The summed E-state index contributed by atoms with van der Waals surface area (Å²) in [5.74, 6) is 0.637. The van der Waals surface area contributed by atoms with Gasteiger partial charge in [-0.2, -0.15) is 0 Å². The molecule has 1 aliphatic heterocycles. The molecule has 0 bridgehead atoms. The van der Waals surface area contributed by atoms with Gasteiger partial charge in [0.2, 0.25) is 0 Å². The number of rotatable bonds is 5. The van der Waals surface area contributed by atoms with Crippen molar-refractivity contribution in [1.29, 1.82) is 0 Å². The highest BCUT2D eigenvalue weighted by Gasteiger charge is 2.39. The van der Waals surface area contributed by atoms with Crippen LogP contribution < -0.4 is 0 Å². The maximum atomic E-state index is 9.13. The van der Waals surface area contributed by atoms with Gasteiger partial charge in [0.15, 0.2) is 0 Å². The Morgan fingerprint density at radius 2 is 2.00 bits per heavy atom. The van der Waals surface area contributed by atoms with Gasteiger partial charge >= 0.3 is 0 Å². The van der Waals surface area contributed by atoms with E-state index in [9.17, 15) is 0 Å². The van der Waals surface area contributed by atoms with Crippen LogP contribution in [-0.4, -0.2) is 35.2 Å². The van der Waals surface area contributed by atoms with Crippen LogP contribution in [0.3, 0.4) is 0 Å². The van der Waals surface area contributed by atoms with Gasteiger partial charge in [0.05, 0.1) is 0 Å². The largest absolute Gasteiger partial charge is 0.396 e. The third-order valence-corrected chi connectivity index (χ3v) is 4.55. The van der Waals surface area contributed by atoms with Gasteiger partial charge < -0.3 is 5.11 Å². The Kier molecular flexibility index (Phi) is 4.41. The van der Waals surface area contributed by atoms with Crippen molar-refractivity contribution in [2.45, 2.75) is 38.6 Å². The summed E-state index contributed by atoms with van der Waals surface area (Å²) in [5, 5.41) is 9.13. The van der Waals surface area contributed by atoms with Crippen LogP contribution in [0.15, 0.2) is 30.3 Å². The quantitative estimate of drug-likeness (QED) is 0.865.